The molecular weight excluding hydrogens is 400 g/mol. The predicted molar refractivity (Wildman–Crippen MR) is 141 cm³/mol. The first-order valence-corrected chi connectivity index (χ1v) is 13.4. The first kappa shape index (κ1) is 24.0. The quantitative estimate of drug-likeness (QED) is 0.264. The Kier molecular flexibility index (Phi) is 9.01. The van der Waals surface area contributed by atoms with E-state index in [9.17, 15) is 0 Å². The Labute approximate surface area is 202 Å². The molecule has 4 rings (SSSR count). The molecule has 0 N–H and O–H groups in total. The molecule has 2 aliphatic rings. The third-order valence-corrected chi connectivity index (χ3v) is 7.86. The minimum absolute atomic E-state index is 0.701. The molecule has 2 aliphatic carbocycles. The van der Waals surface area contributed by atoms with E-state index in [2.05, 4.69) is 74.5 Å². The van der Waals surface area contributed by atoms with E-state index in [-0.39, 0.29) is 0 Å². The smallest absolute Gasteiger partial charge is 0.0503 e. The summed E-state index contributed by atoms with van der Waals surface area (Å²) in [6.07, 6.45) is 16.9. The number of ether oxygens (including phenoxy) is 1. The zero-order valence-corrected chi connectivity index (χ0v) is 20.8. The number of benzene rings is 2. The van der Waals surface area contributed by atoms with Crippen LogP contribution >= 0.6 is 0 Å². The zero-order valence-electron chi connectivity index (χ0n) is 20.8. The molecule has 176 valence electrons. The molecule has 0 saturated carbocycles. The van der Waals surface area contributed by atoms with Crippen molar-refractivity contribution >= 4 is 0 Å². The lowest BCUT2D eigenvalue weighted by atomic mass is 9.83. The van der Waals surface area contributed by atoms with E-state index in [1.165, 1.54) is 60.8 Å². The molecule has 0 radical (unpaired) electrons. The largest absolute Gasteiger partial charge is 0.381 e. The standard InChI is InChI=1S/C32H42O/c1-3-25-5-13-29(14-6-25)31-17-9-27(10-18-31)21-23-33-24-22-28-11-19-32(20-12-28)30-15-7-26(4-2)8-16-30/h5-9,11,13-16,31-32H,3-4,10,12,17-24H2,1-2H3. The van der Waals surface area contributed by atoms with Gasteiger partial charge in [-0.1, -0.05) is 85.7 Å². The van der Waals surface area contributed by atoms with Crippen molar-refractivity contribution in [1.82, 2.24) is 0 Å². The summed E-state index contributed by atoms with van der Waals surface area (Å²) in [5.74, 6) is 1.40. The molecule has 1 heteroatoms. The van der Waals surface area contributed by atoms with E-state index in [0.29, 0.717) is 11.8 Å². The lowest BCUT2D eigenvalue weighted by molar-refractivity contribution is 0.138. The highest BCUT2D eigenvalue weighted by Crippen LogP contribution is 2.34. The fourth-order valence-electron chi connectivity index (χ4n) is 5.40. The van der Waals surface area contributed by atoms with Gasteiger partial charge in [-0.25, -0.2) is 0 Å². The van der Waals surface area contributed by atoms with Crippen LogP contribution in [0.25, 0.3) is 0 Å². The topological polar surface area (TPSA) is 9.23 Å². The number of hydrogen-bond acceptors (Lipinski definition) is 1. The van der Waals surface area contributed by atoms with Crippen molar-refractivity contribution in [2.75, 3.05) is 13.2 Å². The normalized spacial score (nSPS) is 20.9. The Bertz CT molecular complexity index is 838. The van der Waals surface area contributed by atoms with E-state index in [1.54, 1.807) is 11.1 Å². The zero-order chi connectivity index (χ0) is 22.9. The second-order valence-electron chi connectivity index (χ2n) is 9.97. The Morgan fingerprint density at radius 1 is 0.636 bits per heavy atom. The van der Waals surface area contributed by atoms with Gasteiger partial charge in [0.25, 0.3) is 0 Å². The van der Waals surface area contributed by atoms with E-state index in [1.807, 2.05) is 0 Å². The summed E-state index contributed by atoms with van der Waals surface area (Å²) in [7, 11) is 0. The summed E-state index contributed by atoms with van der Waals surface area (Å²) < 4.78 is 6.03. The van der Waals surface area contributed by atoms with Crippen LogP contribution in [-0.4, -0.2) is 13.2 Å². The van der Waals surface area contributed by atoms with Crippen molar-refractivity contribution in [2.45, 2.75) is 89.9 Å². The van der Waals surface area contributed by atoms with Crippen molar-refractivity contribution in [1.29, 1.82) is 0 Å². The van der Waals surface area contributed by atoms with Gasteiger partial charge in [0.2, 0.25) is 0 Å². The Hall–Kier alpha value is -2.12. The first-order valence-electron chi connectivity index (χ1n) is 13.4. The number of rotatable bonds is 10. The molecule has 2 aromatic rings. The summed E-state index contributed by atoms with van der Waals surface area (Å²) in [4.78, 5) is 0. The van der Waals surface area contributed by atoms with Crippen LogP contribution in [0.1, 0.15) is 99.3 Å². The molecule has 1 nitrogen and oxygen atoms in total. The molecule has 0 heterocycles. The van der Waals surface area contributed by atoms with Crippen LogP contribution in [0.4, 0.5) is 0 Å². The molecule has 0 spiro atoms. The highest BCUT2D eigenvalue weighted by atomic mass is 16.5. The first-order chi connectivity index (χ1) is 16.2. The van der Waals surface area contributed by atoms with Gasteiger partial charge in [-0.3, -0.25) is 0 Å². The fraction of sp³-hybridized carbons (Fsp3) is 0.500. The van der Waals surface area contributed by atoms with Crippen LogP contribution in [0.5, 0.6) is 0 Å². The highest BCUT2D eigenvalue weighted by Gasteiger charge is 2.17. The monoisotopic (exact) mass is 442 g/mol. The second kappa shape index (κ2) is 12.4. The van der Waals surface area contributed by atoms with Crippen molar-refractivity contribution in [2.24, 2.45) is 0 Å². The van der Waals surface area contributed by atoms with Crippen molar-refractivity contribution < 1.29 is 4.74 Å². The summed E-state index contributed by atoms with van der Waals surface area (Å²) in [5.41, 5.74) is 9.11. The van der Waals surface area contributed by atoms with Crippen LogP contribution in [0.15, 0.2) is 71.8 Å². The van der Waals surface area contributed by atoms with Crippen LogP contribution in [0, 0.1) is 0 Å². The van der Waals surface area contributed by atoms with E-state index < -0.39 is 0 Å². The molecule has 0 aromatic heterocycles. The van der Waals surface area contributed by atoms with Crippen molar-refractivity contribution in [3.8, 4) is 0 Å². The molecule has 0 bridgehead atoms. The molecule has 0 fully saturated rings. The second-order valence-corrected chi connectivity index (χ2v) is 9.97. The van der Waals surface area contributed by atoms with Crippen LogP contribution in [0.3, 0.4) is 0 Å². The average molecular weight is 443 g/mol. The van der Waals surface area contributed by atoms with E-state index in [4.69, 9.17) is 4.74 Å². The maximum Gasteiger partial charge on any atom is 0.0503 e. The Balaban J connectivity index is 1.12. The maximum absolute atomic E-state index is 6.03. The van der Waals surface area contributed by atoms with E-state index >= 15 is 0 Å². The molecule has 2 unspecified atom stereocenters. The van der Waals surface area contributed by atoms with E-state index in [0.717, 1.165) is 38.9 Å². The summed E-state index contributed by atoms with van der Waals surface area (Å²) in [6, 6.07) is 18.6. The molecule has 0 aliphatic heterocycles. The molecular formula is C32H42O. The molecule has 33 heavy (non-hydrogen) atoms. The lowest BCUT2D eigenvalue weighted by Crippen LogP contribution is -2.08. The van der Waals surface area contributed by atoms with Gasteiger partial charge in [0.15, 0.2) is 0 Å². The van der Waals surface area contributed by atoms with Gasteiger partial charge in [-0.05, 0) is 98.3 Å². The van der Waals surface area contributed by atoms with Gasteiger partial charge in [-0.15, -0.1) is 0 Å². The molecule has 0 amide bonds. The van der Waals surface area contributed by atoms with Crippen molar-refractivity contribution in [3.63, 3.8) is 0 Å². The minimum atomic E-state index is 0.701. The fourth-order valence-corrected chi connectivity index (χ4v) is 5.40. The number of allylic oxidation sites excluding steroid dienone is 2. The van der Waals surface area contributed by atoms with Crippen molar-refractivity contribution in [3.05, 3.63) is 94.1 Å². The minimum Gasteiger partial charge on any atom is -0.381 e. The third kappa shape index (κ3) is 6.93. The molecule has 2 aromatic carbocycles. The van der Waals surface area contributed by atoms with Gasteiger partial charge in [0.1, 0.15) is 0 Å². The summed E-state index contributed by atoms with van der Waals surface area (Å²) in [6.45, 7) is 6.20. The van der Waals surface area contributed by atoms with Crippen LogP contribution in [-0.2, 0) is 17.6 Å². The van der Waals surface area contributed by atoms with Gasteiger partial charge in [0.05, 0.1) is 13.2 Å². The van der Waals surface area contributed by atoms with Gasteiger partial charge < -0.3 is 4.74 Å². The predicted octanol–water partition coefficient (Wildman–Crippen LogP) is 8.70. The average Bonchev–Trinajstić information content (AvgIpc) is 2.89. The lowest BCUT2D eigenvalue weighted by Gasteiger charge is -2.23. The van der Waals surface area contributed by atoms with Gasteiger partial charge in [-0.2, -0.15) is 0 Å². The SMILES string of the molecule is CCc1ccc(C2CC=C(CCOCCC3=CCC(c4ccc(CC)cc4)CC3)CC2)cc1. The van der Waals surface area contributed by atoms with Gasteiger partial charge in [0, 0.05) is 0 Å². The van der Waals surface area contributed by atoms with Gasteiger partial charge >= 0.3 is 0 Å². The Morgan fingerprint density at radius 3 is 1.39 bits per heavy atom. The molecule has 2 atom stereocenters. The van der Waals surface area contributed by atoms with Crippen LogP contribution in [0.2, 0.25) is 0 Å². The Morgan fingerprint density at radius 2 is 1.06 bits per heavy atom. The highest BCUT2D eigenvalue weighted by molar-refractivity contribution is 5.28. The summed E-state index contributed by atoms with van der Waals surface area (Å²) in [5, 5.41) is 0. The number of aryl methyl sites for hydroxylation is 2. The number of hydrogen-bond donors (Lipinski definition) is 0. The third-order valence-electron chi connectivity index (χ3n) is 7.86. The summed E-state index contributed by atoms with van der Waals surface area (Å²) >= 11 is 0. The van der Waals surface area contributed by atoms with Crippen LogP contribution < -0.4 is 0 Å². The molecule has 0 saturated heterocycles. The maximum atomic E-state index is 6.03.